The van der Waals surface area contributed by atoms with Crippen molar-refractivity contribution in [3.05, 3.63) is 46.3 Å². The molecule has 6 nitrogen and oxygen atoms in total. The summed E-state index contributed by atoms with van der Waals surface area (Å²) in [5, 5.41) is 9.49. The van der Waals surface area contributed by atoms with Crippen LogP contribution in [-0.2, 0) is 5.54 Å². The van der Waals surface area contributed by atoms with Gasteiger partial charge in [0.25, 0.3) is 5.89 Å². The van der Waals surface area contributed by atoms with E-state index in [4.69, 9.17) is 33.5 Å². The zero-order valence-electron chi connectivity index (χ0n) is 13.2. The summed E-state index contributed by atoms with van der Waals surface area (Å²) in [6.07, 6.45) is 5.73. The van der Waals surface area contributed by atoms with E-state index in [1.165, 1.54) is 0 Å². The Balaban J connectivity index is 0.00000182. The first kappa shape index (κ1) is 18.2. The van der Waals surface area contributed by atoms with E-state index in [0.717, 1.165) is 31.4 Å². The van der Waals surface area contributed by atoms with Crippen LogP contribution in [0.25, 0.3) is 17.3 Å². The minimum atomic E-state index is -0.478. The van der Waals surface area contributed by atoms with E-state index in [0.29, 0.717) is 27.5 Å². The Morgan fingerprint density at radius 3 is 2.60 bits per heavy atom. The van der Waals surface area contributed by atoms with Gasteiger partial charge in [-0.2, -0.15) is 10.1 Å². The fourth-order valence-electron chi connectivity index (χ4n) is 2.97. The van der Waals surface area contributed by atoms with Gasteiger partial charge in [-0.25, -0.2) is 4.68 Å². The molecule has 132 valence electrons. The minimum Gasteiger partial charge on any atom is -0.332 e. The Morgan fingerprint density at radius 2 is 1.88 bits per heavy atom. The average Bonchev–Trinajstić information content (AvgIpc) is 3.28. The van der Waals surface area contributed by atoms with Gasteiger partial charge >= 0.3 is 0 Å². The lowest BCUT2D eigenvalue weighted by atomic mass is 9.99. The highest BCUT2D eigenvalue weighted by molar-refractivity contribution is 6.42. The van der Waals surface area contributed by atoms with Gasteiger partial charge in [0.2, 0.25) is 0 Å². The zero-order chi connectivity index (χ0) is 16.7. The standard InChI is InChI=1S/C16H15Cl2N5O.ClH/c17-11-4-3-10(9-12(11)18)23-8-5-13(21-23)14-20-15(22-24-14)16(19)6-1-2-7-16;/h3-5,8-9H,1-2,6-7,19H2;1H. The molecule has 1 aliphatic carbocycles. The SMILES string of the molecule is Cl.NC1(c2noc(-c3ccn(-c4ccc(Cl)c(Cl)c4)n3)n2)CCCC1. The average molecular weight is 401 g/mol. The largest absolute Gasteiger partial charge is 0.332 e. The van der Waals surface area contributed by atoms with E-state index in [2.05, 4.69) is 15.2 Å². The number of halogens is 3. The molecule has 3 aromatic rings. The number of nitrogens with two attached hydrogens (primary N) is 1. The number of hydrogen-bond donors (Lipinski definition) is 1. The summed E-state index contributed by atoms with van der Waals surface area (Å²) in [6.45, 7) is 0. The molecule has 0 saturated heterocycles. The third-order valence-corrected chi connectivity index (χ3v) is 5.08. The van der Waals surface area contributed by atoms with Gasteiger partial charge in [0.05, 0.1) is 21.3 Å². The van der Waals surface area contributed by atoms with Crippen molar-refractivity contribution in [3.63, 3.8) is 0 Å². The minimum absolute atomic E-state index is 0. The fraction of sp³-hybridized carbons (Fsp3) is 0.312. The number of nitrogens with zero attached hydrogens (tertiary/aromatic N) is 4. The lowest BCUT2D eigenvalue weighted by Crippen LogP contribution is -2.34. The molecule has 1 aliphatic rings. The lowest BCUT2D eigenvalue weighted by molar-refractivity contribution is 0.372. The van der Waals surface area contributed by atoms with Crippen molar-refractivity contribution in [3.8, 4) is 17.3 Å². The van der Waals surface area contributed by atoms with Crippen LogP contribution in [-0.4, -0.2) is 19.9 Å². The maximum atomic E-state index is 6.36. The van der Waals surface area contributed by atoms with Crippen molar-refractivity contribution in [2.24, 2.45) is 5.73 Å². The first-order chi connectivity index (χ1) is 11.5. The van der Waals surface area contributed by atoms with Gasteiger partial charge < -0.3 is 10.3 Å². The van der Waals surface area contributed by atoms with E-state index in [-0.39, 0.29) is 12.4 Å². The molecule has 2 aromatic heterocycles. The highest BCUT2D eigenvalue weighted by atomic mass is 35.5. The number of benzene rings is 1. The summed E-state index contributed by atoms with van der Waals surface area (Å²) in [6, 6.07) is 7.10. The molecule has 2 N–H and O–H groups in total. The predicted octanol–water partition coefficient (Wildman–Crippen LogP) is 4.38. The van der Waals surface area contributed by atoms with E-state index >= 15 is 0 Å². The van der Waals surface area contributed by atoms with Crippen molar-refractivity contribution in [1.82, 2.24) is 19.9 Å². The van der Waals surface area contributed by atoms with Crippen LogP contribution in [0.4, 0.5) is 0 Å². The molecule has 25 heavy (non-hydrogen) atoms. The Morgan fingerprint density at radius 1 is 1.12 bits per heavy atom. The molecule has 1 aromatic carbocycles. The fourth-order valence-corrected chi connectivity index (χ4v) is 3.26. The summed E-state index contributed by atoms with van der Waals surface area (Å²) >= 11 is 12.0. The first-order valence-corrected chi connectivity index (χ1v) is 8.45. The maximum absolute atomic E-state index is 6.36. The lowest BCUT2D eigenvalue weighted by Gasteiger charge is -2.17. The first-order valence-electron chi connectivity index (χ1n) is 7.70. The molecule has 1 fully saturated rings. The Hall–Kier alpha value is -1.60. The van der Waals surface area contributed by atoms with E-state index in [9.17, 15) is 0 Å². The Bertz CT molecular complexity index is 886. The van der Waals surface area contributed by atoms with Gasteiger partial charge in [-0.05, 0) is 37.1 Å². The number of aromatic nitrogens is 4. The van der Waals surface area contributed by atoms with Crippen molar-refractivity contribution < 1.29 is 4.52 Å². The van der Waals surface area contributed by atoms with Gasteiger partial charge in [-0.3, -0.25) is 0 Å². The third kappa shape index (κ3) is 3.40. The van der Waals surface area contributed by atoms with Crippen molar-refractivity contribution in [1.29, 1.82) is 0 Å². The van der Waals surface area contributed by atoms with Gasteiger partial charge in [0.1, 0.15) is 0 Å². The summed E-state index contributed by atoms with van der Waals surface area (Å²) < 4.78 is 7.03. The smallest absolute Gasteiger partial charge is 0.278 e. The summed E-state index contributed by atoms with van der Waals surface area (Å²) in [5.74, 6) is 0.916. The van der Waals surface area contributed by atoms with Crippen LogP contribution < -0.4 is 5.73 Å². The summed E-state index contributed by atoms with van der Waals surface area (Å²) in [4.78, 5) is 4.45. The molecule has 4 rings (SSSR count). The zero-order valence-corrected chi connectivity index (χ0v) is 15.5. The van der Waals surface area contributed by atoms with Crippen molar-refractivity contribution >= 4 is 35.6 Å². The number of rotatable bonds is 3. The molecule has 0 unspecified atom stereocenters. The van der Waals surface area contributed by atoms with Gasteiger partial charge in [-0.1, -0.05) is 41.2 Å². The van der Waals surface area contributed by atoms with Crippen LogP contribution in [0.15, 0.2) is 35.0 Å². The van der Waals surface area contributed by atoms with Gasteiger partial charge in [0.15, 0.2) is 11.5 Å². The molecule has 0 spiro atoms. The van der Waals surface area contributed by atoms with E-state index in [1.54, 1.807) is 29.1 Å². The second-order valence-corrected chi connectivity index (χ2v) is 6.84. The molecule has 0 aliphatic heterocycles. The van der Waals surface area contributed by atoms with Crippen molar-refractivity contribution in [2.45, 2.75) is 31.2 Å². The molecular weight excluding hydrogens is 385 g/mol. The van der Waals surface area contributed by atoms with Crippen LogP contribution in [0.1, 0.15) is 31.5 Å². The topological polar surface area (TPSA) is 82.8 Å². The second-order valence-electron chi connectivity index (χ2n) is 6.03. The highest BCUT2D eigenvalue weighted by Gasteiger charge is 2.36. The van der Waals surface area contributed by atoms with Gasteiger partial charge in [0, 0.05) is 6.20 Å². The highest BCUT2D eigenvalue weighted by Crippen LogP contribution is 2.35. The van der Waals surface area contributed by atoms with Crippen molar-refractivity contribution in [2.75, 3.05) is 0 Å². The van der Waals surface area contributed by atoms with Crippen LogP contribution in [0, 0.1) is 0 Å². The van der Waals surface area contributed by atoms with Crippen LogP contribution in [0.2, 0.25) is 10.0 Å². The molecular formula is C16H16Cl3N5O. The Kier molecular flexibility index (Phi) is 5.06. The molecule has 2 heterocycles. The quantitative estimate of drug-likeness (QED) is 0.705. The monoisotopic (exact) mass is 399 g/mol. The van der Waals surface area contributed by atoms with Gasteiger partial charge in [-0.15, -0.1) is 12.4 Å². The van der Waals surface area contributed by atoms with Crippen LogP contribution in [0.5, 0.6) is 0 Å². The second kappa shape index (κ2) is 6.96. The van der Waals surface area contributed by atoms with E-state index in [1.807, 2.05) is 6.07 Å². The normalized spacial score (nSPS) is 16.0. The molecule has 0 atom stereocenters. The molecule has 0 amide bonds. The Labute approximate surface area is 160 Å². The van der Waals surface area contributed by atoms with Crippen LogP contribution in [0.3, 0.4) is 0 Å². The number of hydrogen-bond acceptors (Lipinski definition) is 5. The maximum Gasteiger partial charge on any atom is 0.278 e. The molecule has 9 heteroatoms. The predicted molar refractivity (Wildman–Crippen MR) is 98.5 cm³/mol. The van der Waals surface area contributed by atoms with E-state index < -0.39 is 5.54 Å². The third-order valence-electron chi connectivity index (χ3n) is 4.34. The summed E-state index contributed by atoms with van der Waals surface area (Å²) in [5.41, 5.74) is 7.26. The van der Waals surface area contributed by atoms with Crippen LogP contribution >= 0.6 is 35.6 Å². The summed E-state index contributed by atoms with van der Waals surface area (Å²) in [7, 11) is 0. The molecule has 1 saturated carbocycles. The molecule has 0 radical (unpaired) electrons. The molecule has 0 bridgehead atoms.